The highest BCUT2D eigenvalue weighted by Gasteiger charge is 2.20. The number of benzene rings is 2. The second-order valence-corrected chi connectivity index (χ2v) is 7.62. The van der Waals surface area contributed by atoms with E-state index in [-0.39, 0.29) is 10.7 Å². The van der Waals surface area contributed by atoms with Crippen LogP contribution in [0.5, 0.6) is 0 Å². The topological polar surface area (TPSA) is 75.4 Å². The Morgan fingerprint density at radius 2 is 1.68 bits per heavy atom. The van der Waals surface area contributed by atoms with Crippen molar-refractivity contribution in [3.8, 4) is 0 Å². The molecule has 0 bridgehead atoms. The molecule has 0 amide bonds. The first-order chi connectivity index (χ1) is 11.9. The highest BCUT2D eigenvalue weighted by Crippen LogP contribution is 2.17. The minimum atomic E-state index is -3.44. The second kappa shape index (κ2) is 8.42. The summed E-state index contributed by atoms with van der Waals surface area (Å²) < 4.78 is 39.5. The number of sulfonamides is 1. The van der Waals surface area contributed by atoms with Gasteiger partial charge in [-0.15, -0.1) is 0 Å². The molecular formula is C18H24FN3O2S. The molecule has 5 nitrogen and oxygen atoms in total. The first-order valence-corrected chi connectivity index (χ1v) is 9.66. The zero-order chi connectivity index (χ0) is 18.4. The van der Waals surface area contributed by atoms with Crippen molar-refractivity contribution in [3.05, 3.63) is 59.4 Å². The number of anilines is 1. The summed E-state index contributed by atoms with van der Waals surface area (Å²) in [5.41, 5.74) is 7.98. The summed E-state index contributed by atoms with van der Waals surface area (Å²) in [6, 6.07) is 11.0. The summed E-state index contributed by atoms with van der Waals surface area (Å²) in [6.45, 7) is 5.48. The van der Waals surface area contributed by atoms with Crippen LogP contribution in [0, 0.1) is 5.82 Å². The van der Waals surface area contributed by atoms with Gasteiger partial charge in [0, 0.05) is 31.9 Å². The van der Waals surface area contributed by atoms with Gasteiger partial charge in [0.05, 0.1) is 4.90 Å². The third-order valence-electron chi connectivity index (χ3n) is 4.02. The lowest BCUT2D eigenvalue weighted by atomic mass is 10.1. The van der Waals surface area contributed by atoms with Gasteiger partial charge in [0.15, 0.2) is 0 Å². The van der Waals surface area contributed by atoms with Gasteiger partial charge in [0.2, 0.25) is 10.0 Å². The van der Waals surface area contributed by atoms with Crippen molar-refractivity contribution in [2.24, 2.45) is 0 Å². The summed E-state index contributed by atoms with van der Waals surface area (Å²) in [5, 5.41) is 3.18. The van der Waals surface area contributed by atoms with Crippen LogP contribution in [0.3, 0.4) is 0 Å². The molecule has 0 atom stereocenters. The van der Waals surface area contributed by atoms with Crippen molar-refractivity contribution in [2.75, 3.05) is 18.8 Å². The van der Waals surface area contributed by atoms with Crippen LogP contribution < -0.4 is 11.1 Å². The average Bonchev–Trinajstić information content (AvgIpc) is 2.59. The van der Waals surface area contributed by atoms with Gasteiger partial charge in [0.25, 0.3) is 0 Å². The Morgan fingerprint density at radius 3 is 2.28 bits per heavy atom. The number of hydrogen-bond acceptors (Lipinski definition) is 4. The predicted octanol–water partition coefficient (Wildman–Crippen LogP) is 2.73. The quantitative estimate of drug-likeness (QED) is 0.706. The van der Waals surface area contributed by atoms with E-state index < -0.39 is 10.0 Å². The molecule has 0 unspecified atom stereocenters. The highest BCUT2D eigenvalue weighted by atomic mass is 32.2. The Balaban J connectivity index is 2.00. The normalized spacial score (nSPS) is 11.8. The number of nitrogens with two attached hydrogens (primary N) is 1. The third kappa shape index (κ3) is 4.78. The van der Waals surface area contributed by atoms with E-state index in [1.54, 1.807) is 30.3 Å². The zero-order valence-electron chi connectivity index (χ0n) is 14.5. The third-order valence-corrected chi connectivity index (χ3v) is 6.08. The number of halogens is 1. The van der Waals surface area contributed by atoms with Crippen LogP contribution in [0.25, 0.3) is 0 Å². The van der Waals surface area contributed by atoms with Gasteiger partial charge >= 0.3 is 0 Å². The molecular weight excluding hydrogens is 341 g/mol. The molecule has 2 aromatic rings. The van der Waals surface area contributed by atoms with Crippen molar-refractivity contribution in [1.82, 2.24) is 9.62 Å². The van der Waals surface area contributed by atoms with Gasteiger partial charge < -0.3 is 11.1 Å². The molecule has 2 aromatic carbocycles. The first-order valence-electron chi connectivity index (χ1n) is 8.22. The Hall–Kier alpha value is -1.96. The molecule has 0 saturated carbocycles. The van der Waals surface area contributed by atoms with Crippen molar-refractivity contribution < 1.29 is 12.8 Å². The summed E-state index contributed by atoms with van der Waals surface area (Å²) in [5.74, 6) is -0.322. The van der Waals surface area contributed by atoms with Gasteiger partial charge in [-0.2, -0.15) is 4.31 Å². The summed E-state index contributed by atoms with van der Waals surface area (Å²) >= 11 is 0. The fourth-order valence-corrected chi connectivity index (χ4v) is 4.02. The van der Waals surface area contributed by atoms with E-state index in [0.717, 1.165) is 5.56 Å². The molecule has 0 aliphatic rings. The van der Waals surface area contributed by atoms with E-state index in [1.165, 1.54) is 16.4 Å². The minimum absolute atomic E-state index is 0.286. The lowest BCUT2D eigenvalue weighted by molar-refractivity contribution is 0.445. The molecule has 25 heavy (non-hydrogen) atoms. The lowest BCUT2D eigenvalue weighted by Gasteiger charge is -2.18. The van der Waals surface area contributed by atoms with Crippen LogP contribution >= 0.6 is 0 Å². The molecule has 2 rings (SSSR count). The predicted molar refractivity (Wildman–Crippen MR) is 97.9 cm³/mol. The Kier molecular flexibility index (Phi) is 6.52. The molecule has 0 aliphatic heterocycles. The number of hydrogen-bond donors (Lipinski definition) is 2. The van der Waals surface area contributed by atoms with Crippen molar-refractivity contribution >= 4 is 15.7 Å². The second-order valence-electron chi connectivity index (χ2n) is 5.68. The minimum Gasteiger partial charge on any atom is -0.398 e. The van der Waals surface area contributed by atoms with E-state index in [4.69, 9.17) is 5.73 Å². The van der Waals surface area contributed by atoms with Crippen molar-refractivity contribution in [2.45, 2.75) is 31.8 Å². The lowest BCUT2D eigenvalue weighted by Crippen LogP contribution is -2.30. The van der Waals surface area contributed by atoms with E-state index in [1.807, 2.05) is 13.8 Å². The Bertz CT molecular complexity index is 804. The molecule has 0 saturated heterocycles. The van der Waals surface area contributed by atoms with Crippen LogP contribution in [-0.4, -0.2) is 25.8 Å². The molecule has 3 N–H and O–H groups in total. The monoisotopic (exact) mass is 365 g/mol. The molecule has 0 fully saturated rings. The highest BCUT2D eigenvalue weighted by molar-refractivity contribution is 7.89. The summed E-state index contributed by atoms with van der Waals surface area (Å²) in [7, 11) is -3.44. The molecule has 136 valence electrons. The van der Waals surface area contributed by atoms with Crippen LogP contribution in [0.1, 0.15) is 25.0 Å². The molecule has 0 spiro atoms. The van der Waals surface area contributed by atoms with Crippen LogP contribution in [0.2, 0.25) is 0 Å². The maximum atomic E-state index is 13.2. The van der Waals surface area contributed by atoms with Gasteiger partial charge in [-0.3, -0.25) is 0 Å². The molecule has 0 radical (unpaired) electrons. The average molecular weight is 365 g/mol. The zero-order valence-corrected chi connectivity index (χ0v) is 15.3. The maximum Gasteiger partial charge on any atom is 0.243 e. The fraction of sp³-hybridized carbons (Fsp3) is 0.333. The van der Waals surface area contributed by atoms with Crippen LogP contribution in [0.15, 0.2) is 47.4 Å². The first kappa shape index (κ1) is 19.4. The van der Waals surface area contributed by atoms with E-state index in [2.05, 4.69) is 5.32 Å². The summed E-state index contributed by atoms with van der Waals surface area (Å²) in [4.78, 5) is 0.286. The van der Waals surface area contributed by atoms with Crippen molar-refractivity contribution in [1.29, 1.82) is 0 Å². The van der Waals surface area contributed by atoms with Crippen LogP contribution in [0.4, 0.5) is 10.1 Å². The Labute approximate surface area is 148 Å². The molecule has 7 heteroatoms. The smallest absolute Gasteiger partial charge is 0.243 e. The van der Waals surface area contributed by atoms with E-state index >= 15 is 0 Å². The molecule has 0 aliphatic carbocycles. The maximum absolute atomic E-state index is 13.2. The van der Waals surface area contributed by atoms with Crippen molar-refractivity contribution in [3.63, 3.8) is 0 Å². The van der Waals surface area contributed by atoms with Gasteiger partial charge in [-0.05, 0) is 41.5 Å². The standard InChI is InChI=1S/C18H24FN3O2S/c1-3-22(4-2)25(23,24)17-8-5-14(6-9-17)12-21-13-15-11-16(19)7-10-18(15)20/h5-11,21H,3-4,12-13,20H2,1-2H3. The largest absolute Gasteiger partial charge is 0.398 e. The van der Waals surface area contributed by atoms with Gasteiger partial charge in [-0.1, -0.05) is 26.0 Å². The van der Waals surface area contributed by atoms with E-state index in [9.17, 15) is 12.8 Å². The number of nitrogen functional groups attached to an aromatic ring is 1. The summed E-state index contributed by atoms with van der Waals surface area (Å²) in [6.07, 6.45) is 0. The molecule has 0 heterocycles. The number of rotatable bonds is 8. The van der Waals surface area contributed by atoms with Crippen LogP contribution in [-0.2, 0) is 23.1 Å². The van der Waals surface area contributed by atoms with E-state index in [0.29, 0.717) is 37.4 Å². The number of nitrogens with one attached hydrogen (secondary N) is 1. The fourth-order valence-electron chi connectivity index (χ4n) is 2.56. The SMILES string of the molecule is CCN(CC)S(=O)(=O)c1ccc(CNCc2cc(F)ccc2N)cc1. The Morgan fingerprint density at radius 1 is 1.04 bits per heavy atom. The van der Waals surface area contributed by atoms with Gasteiger partial charge in [-0.25, -0.2) is 12.8 Å². The molecule has 0 aromatic heterocycles. The number of nitrogens with zero attached hydrogens (tertiary/aromatic N) is 1. The van der Waals surface area contributed by atoms with Gasteiger partial charge in [0.1, 0.15) is 5.82 Å².